The second-order valence-corrected chi connectivity index (χ2v) is 6.04. The molecule has 2 rings (SSSR count). The second-order valence-electron chi connectivity index (χ2n) is 5.64. The Morgan fingerprint density at radius 2 is 2.19 bits per heavy atom. The highest BCUT2D eigenvalue weighted by molar-refractivity contribution is 6.31. The first kappa shape index (κ1) is 16.6. The molecule has 0 radical (unpaired) electrons. The van der Waals surface area contributed by atoms with Crippen molar-refractivity contribution in [3.05, 3.63) is 28.3 Å². The van der Waals surface area contributed by atoms with E-state index in [4.69, 9.17) is 26.8 Å². The molecule has 0 saturated carbocycles. The van der Waals surface area contributed by atoms with Gasteiger partial charge in [-0.3, -0.25) is 4.90 Å². The first-order valence-corrected chi connectivity index (χ1v) is 7.87. The average molecular weight is 313 g/mol. The first-order valence-electron chi connectivity index (χ1n) is 7.49. The molecule has 4 nitrogen and oxygen atoms in total. The topological polar surface area (TPSA) is 47.7 Å². The first-order chi connectivity index (χ1) is 10.1. The Labute approximate surface area is 132 Å². The number of rotatable bonds is 7. The summed E-state index contributed by atoms with van der Waals surface area (Å²) < 4.78 is 11.1. The van der Waals surface area contributed by atoms with Gasteiger partial charge in [-0.05, 0) is 38.0 Å². The van der Waals surface area contributed by atoms with Crippen LogP contribution in [-0.4, -0.2) is 37.8 Å². The van der Waals surface area contributed by atoms with Crippen molar-refractivity contribution >= 4 is 11.6 Å². The second kappa shape index (κ2) is 7.45. The average Bonchev–Trinajstić information content (AvgIpc) is 2.83. The maximum atomic E-state index is 6.38. The normalized spacial score (nSPS) is 18.3. The molecule has 0 bridgehead atoms. The number of halogens is 1. The lowest BCUT2D eigenvalue weighted by Gasteiger charge is -2.24. The lowest BCUT2D eigenvalue weighted by Crippen LogP contribution is -2.29. The maximum Gasteiger partial charge on any atom is 0.123 e. The fourth-order valence-electron chi connectivity index (χ4n) is 2.92. The van der Waals surface area contributed by atoms with E-state index in [1.54, 1.807) is 7.11 Å². The highest BCUT2D eigenvalue weighted by Crippen LogP contribution is 2.42. The van der Waals surface area contributed by atoms with Gasteiger partial charge in [-0.1, -0.05) is 11.6 Å². The van der Waals surface area contributed by atoms with Gasteiger partial charge in [0.15, 0.2) is 0 Å². The zero-order valence-electron chi connectivity index (χ0n) is 13.1. The molecule has 0 fully saturated rings. The molecule has 1 aliphatic rings. The van der Waals surface area contributed by atoms with Crippen molar-refractivity contribution in [1.29, 1.82) is 0 Å². The summed E-state index contributed by atoms with van der Waals surface area (Å²) in [6.45, 7) is 7.22. The lowest BCUT2D eigenvalue weighted by molar-refractivity contribution is 0.0675. The maximum absolute atomic E-state index is 6.38. The van der Waals surface area contributed by atoms with E-state index in [2.05, 4.69) is 18.7 Å². The molecule has 5 heteroatoms. The van der Waals surface area contributed by atoms with Gasteiger partial charge in [0.1, 0.15) is 5.75 Å². The van der Waals surface area contributed by atoms with Gasteiger partial charge >= 0.3 is 0 Å². The minimum Gasteiger partial charge on any atom is -0.496 e. The molecular weight excluding hydrogens is 288 g/mol. The van der Waals surface area contributed by atoms with E-state index in [1.807, 2.05) is 12.1 Å². The molecule has 2 N–H and O–H groups in total. The van der Waals surface area contributed by atoms with Crippen LogP contribution in [0.3, 0.4) is 0 Å². The Morgan fingerprint density at radius 3 is 2.81 bits per heavy atom. The number of fused-ring (bicyclic) bond motifs is 1. The smallest absolute Gasteiger partial charge is 0.123 e. The highest BCUT2D eigenvalue weighted by Gasteiger charge is 2.33. The van der Waals surface area contributed by atoms with Crippen LogP contribution in [0, 0.1) is 0 Å². The number of nitrogens with two attached hydrogens (primary N) is 1. The zero-order chi connectivity index (χ0) is 15.4. The SMILES string of the molecule is COc1ccc(Cl)c2c1CN(CCCOC(C)C)C2CN. The van der Waals surface area contributed by atoms with Crippen molar-refractivity contribution in [2.24, 2.45) is 5.73 Å². The van der Waals surface area contributed by atoms with Crippen molar-refractivity contribution in [3.63, 3.8) is 0 Å². The molecule has 0 amide bonds. The Morgan fingerprint density at radius 1 is 1.43 bits per heavy atom. The van der Waals surface area contributed by atoms with E-state index in [0.717, 1.165) is 42.5 Å². The lowest BCUT2D eigenvalue weighted by atomic mass is 10.0. The predicted molar refractivity (Wildman–Crippen MR) is 85.9 cm³/mol. The van der Waals surface area contributed by atoms with Gasteiger partial charge in [0, 0.05) is 42.9 Å². The quantitative estimate of drug-likeness (QED) is 0.786. The van der Waals surface area contributed by atoms with E-state index in [9.17, 15) is 0 Å². The van der Waals surface area contributed by atoms with Crippen LogP contribution in [-0.2, 0) is 11.3 Å². The van der Waals surface area contributed by atoms with E-state index < -0.39 is 0 Å². The Balaban J connectivity index is 2.08. The third kappa shape index (κ3) is 3.69. The third-order valence-corrected chi connectivity index (χ3v) is 4.21. The Kier molecular flexibility index (Phi) is 5.88. The van der Waals surface area contributed by atoms with Gasteiger partial charge < -0.3 is 15.2 Å². The predicted octanol–water partition coefficient (Wildman–Crippen LogP) is 2.98. The van der Waals surface area contributed by atoms with Crippen molar-refractivity contribution in [1.82, 2.24) is 4.90 Å². The van der Waals surface area contributed by atoms with Crippen molar-refractivity contribution < 1.29 is 9.47 Å². The fraction of sp³-hybridized carbons (Fsp3) is 0.625. The van der Waals surface area contributed by atoms with E-state index in [1.165, 1.54) is 5.56 Å². The molecule has 1 unspecified atom stereocenters. The molecule has 0 aromatic heterocycles. The molecule has 1 heterocycles. The summed E-state index contributed by atoms with van der Waals surface area (Å²) in [5.74, 6) is 0.897. The van der Waals surface area contributed by atoms with Gasteiger partial charge in [0.2, 0.25) is 0 Å². The standard InChI is InChI=1S/C16H25ClN2O2/c1-11(2)21-8-4-7-19-10-12-15(20-3)6-5-13(17)16(12)14(19)9-18/h5-6,11,14H,4,7-10,18H2,1-3H3. The minimum absolute atomic E-state index is 0.168. The molecule has 0 spiro atoms. The summed E-state index contributed by atoms with van der Waals surface area (Å²) in [6, 6.07) is 3.99. The molecular formula is C16H25ClN2O2. The molecule has 0 aliphatic carbocycles. The molecule has 1 aliphatic heterocycles. The van der Waals surface area contributed by atoms with E-state index >= 15 is 0 Å². The Hall–Kier alpha value is -0.810. The minimum atomic E-state index is 0.168. The zero-order valence-corrected chi connectivity index (χ0v) is 13.8. The highest BCUT2D eigenvalue weighted by atomic mass is 35.5. The van der Waals surface area contributed by atoms with Crippen LogP contribution in [0.4, 0.5) is 0 Å². The Bertz CT molecular complexity index is 480. The molecule has 1 atom stereocenters. The van der Waals surface area contributed by atoms with Crippen LogP contribution >= 0.6 is 11.6 Å². The summed E-state index contributed by atoms with van der Waals surface area (Å²) in [7, 11) is 1.69. The van der Waals surface area contributed by atoms with E-state index in [-0.39, 0.29) is 12.1 Å². The van der Waals surface area contributed by atoms with Crippen molar-refractivity contribution in [2.45, 2.75) is 39.0 Å². The molecule has 21 heavy (non-hydrogen) atoms. The van der Waals surface area contributed by atoms with Gasteiger partial charge in [0.05, 0.1) is 13.2 Å². The monoisotopic (exact) mass is 312 g/mol. The molecule has 0 saturated heterocycles. The fourth-order valence-corrected chi connectivity index (χ4v) is 3.22. The van der Waals surface area contributed by atoms with Gasteiger partial charge in [-0.2, -0.15) is 0 Å². The van der Waals surface area contributed by atoms with Gasteiger partial charge in [-0.25, -0.2) is 0 Å². The number of hydrogen-bond donors (Lipinski definition) is 1. The van der Waals surface area contributed by atoms with Crippen LogP contribution in [0.1, 0.15) is 37.4 Å². The summed E-state index contributed by atoms with van der Waals surface area (Å²) in [4.78, 5) is 2.36. The largest absolute Gasteiger partial charge is 0.496 e. The summed E-state index contributed by atoms with van der Waals surface area (Å²) in [5.41, 5.74) is 8.28. The molecule has 1 aromatic carbocycles. The number of hydrogen-bond acceptors (Lipinski definition) is 4. The van der Waals surface area contributed by atoms with Crippen LogP contribution in [0.2, 0.25) is 5.02 Å². The number of benzene rings is 1. The molecule has 118 valence electrons. The van der Waals surface area contributed by atoms with Crippen LogP contribution in [0.15, 0.2) is 12.1 Å². The van der Waals surface area contributed by atoms with Crippen LogP contribution in [0.25, 0.3) is 0 Å². The number of methoxy groups -OCH3 is 1. The van der Waals surface area contributed by atoms with Crippen molar-refractivity contribution in [2.75, 3.05) is 26.8 Å². The summed E-state index contributed by atoms with van der Waals surface area (Å²) in [5, 5.41) is 0.780. The van der Waals surface area contributed by atoms with Crippen LogP contribution in [0.5, 0.6) is 5.75 Å². The summed E-state index contributed by atoms with van der Waals surface area (Å²) >= 11 is 6.38. The van der Waals surface area contributed by atoms with Gasteiger partial charge in [-0.15, -0.1) is 0 Å². The number of nitrogens with zero attached hydrogens (tertiary/aromatic N) is 1. The van der Waals surface area contributed by atoms with Crippen LogP contribution < -0.4 is 10.5 Å². The van der Waals surface area contributed by atoms with E-state index in [0.29, 0.717) is 6.54 Å². The summed E-state index contributed by atoms with van der Waals surface area (Å²) in [6.07, 6.45) is 1.27. The molecule has 1 aromatic rings. The number of ether oxygens (including phenoxy) is 2. The third-order valence-electron chi connectivity index (χ3n) is 3.88. The van der Waals surface area contributed by atoms with Crippen molar-refractivity contribution in [3.8, 4) is 5.75 Å². The van der Waals surface area contributed by atoms with Gasteiger partial charge in [0.25, 0.3) is 0 Å².